The monoisotopic (exact) mass is 466 g/mol. The molecule has 0 N–H and O–H groups in total. The molecule has 0 amide bonds. The Morgan fingerprint density at radius 2 is 1.77 bits per heavy atom. The Hall–Kier alpha value is -0.496. The van der Waals surface area contributed by atoms with Crippen molar-refractivity contribution in [3.05, 3.63) is 24.3 Å². The maximum Gasteiger partial charge on any atom is 0.192 e. The zero-order valence-corrected chi connectivity index (χ0v) is 24.2. The van der Waals surface area contributed by atoms with Crippen LogP contribution in [0.15, 0.2) is 24.3 Å². The zero-order chi connectivity index (χ0) is 24.1. The summed E-state index contributed by atoms with van der Waals surface area (Å²) in [5, 5.41) is 0.164. The molecule has 2 atom stereocenters. The molecule has 0 aliphatic heterocycles. The summed E-state index contributed by atoms with van der Waals surface area (Å²) in [6.45, 7) is 26.9. The van der Waals surface area contributed by atoms with E-state index in [-0.39, 0.29) is 16.9 Å². The molecule has 0 unspecified atom stereocenters. The smallest absolute Gasteiger partial charge is 0.192 e. The molecule has 1 aliphatic carbocycles. The molecule has 1 rings (SSSR count). The van der Waals surface area contributed by atoms with Crippen molar-refractivity contribution in [2.24, 2.45) is 5.92 Å². The van der Waals surface area contributed by atoms with Crippen molar-refractivity contribution in [3.63, 3.8) is 0 Å². The van der Waals surface area contributed by atoms with E-state index in [4.69, 9.17) is 8.85 Å². The zero-order valence-electron chi connectivity index (χ0n) is 22.2. The van der Waals surface area contributed by atoms with Gasteiger partial charge in [-0.3, -0.25) is 4.79 Å². The molecule has 0 aromatic heterocycles. The van der Waals surface area contributed by atoms with Crippen molar-refractivity contribution in [3.8, 4) is 0 Å². The van der Waals surface area contributed by atoms with Gasteiger partial charge in [0, 0.05) is 12.0 Å². The average Bonchev–Trinajstić information content (AvgIpc) is 2.86. The molecule has 0 radical (unpaired) electrons. The average molecular weight is 467 g/mol. The molecule has 180 valence electrons. The number of Topliss-reactive ketones (excluding diaryl/α,β-unsaturated/α-hetero) is 1. The molecule has 5 heteroatoms. The molecular formula is C26H50O3Si2. The van der Waals surface area contributed by atoms with Gasteiger partial charge in [0.05, 0.1) is 6.10 Å². The highest BCUT2D eigenvalue weighted by atomic mass is 28.4. The van der Waals surface area contributed by atoms with Crippen LogP contribution < -0.4 is 0 Å². The molecule has 0 spiro atoms. The number of carbonyl (C=O) groups excluding carboxylic acids is 1. The molecule has 0 aromatic rings. The third kappa shape index (κ3) is 8.41. The van der Waals surface area contributed by atoms with E-state index < -0.39 is 22.2 Å². The second-order valence-corrected chi connectivity index (χ2v) is 20.9. The quantitative estimate of drug-likeness (QED) is 0.126. The maximum absolute atomic E-state index is 12.5. The van der Waals surface area contributed by atoms with Crippen LogP contribution in [0.2, 0.25) is 37.3 Å². The van der Waals surface area contributed by atoms with Crippen LogP contribution in [0.5, 0.6) is 0 Å². The fourth-order valence-corrected chi connectivity index (χ4v) is 8.93. The van der Waals surface area contributed by atoms with Crippen molar-refractivity contribution < 1.29 is 13.6 Å². The summed E-state index contributed by atoms with van der Waals surface area (Å²) < 4.78 is 13.6. The summed E-state index contributed by atoms with van der Waals surface area (Å²) in [6.07, 6.45) is 10.2. The molecular weight excluding hydrogens is 416 g/mol. The van der Waals surface area contributed by atoms with Gasteiger partial charge in [0.2, 0.25) is 0 Å². The van der Waals surface area contributed by atoms with Crippen molar-refractivity contribution in [1.29, 1.82) is 0 Å². The van der Waals surface area contributed by atoms with Crippen LogP contribution in [0.1, 0.15) is 80.1 Å². The van der Waals surface area contributed by atoms with Gasteiger partial charge in [0.1, 0.15) is 5.60 Å². The van der Waals surface area contributed by atoms with Gasteiger partial charge in [-0.15, -0.1) is 0 Å². The van der Waals surface area contributed by atoms with Crippen molar-refractivity contribution in [1.82, 2.24) is 0 Å². The molecule has 0 saturated heterocycles. The van der Waals surface area contributed by atoms with E-state index in [1.54, 1.807) is 0 Å². The molecule has 1 saturated carbocycles. The van der Waals surface area contributed by atoms with Gasteiger partial charge in [0.25, 0.3) is 0 Å². The molecule has 1 fully saturated rings. The number of ketones is 1. The Kier molecular flexibility index (Phi) is 10.2. The van der Waals surface area contributed by atoms with Gasteiger partial charge in [0.15, 0.2) is 22.4 Å². The minimum Gasteiger partial charge on any atom is -0.411 e. The number of unbranched alkanes of at least 4 members (excludes halogenated alkanes) is 2. The Labute approximate surface area is 195 Å². The SMILES string of the molecule is C=C1C(=O)CC[C@]1(/C=C/[C@H](CCCCC)O[Si](C)(C)C(C)(C)C)O[Si](C)(C)CC(C)C. The first kappa shape index (κ1) is 28.5. The summed E-state index contributed by atoms with van der Waals surface area (Å²) in [5.74, 6) is 0.726. The maximum atomic E-state index is 12.5. The van der Waals surface area contributed by atoms with E-state index in [0.29, 0.717) is 24.3 Å². The van der Waals surface area contributed by atoms with Crippen LogP contribution in [0.3, 0.4) is 0 Å². The fraction of sp³-hybridized carbons (Fsp3) is 0.808. The van der Waals surface area contributed by atoms with Crippen molar-refractivity contribution >= 4 is 22.4 Å². The molecule has 1 aliphatic rings. The van der Waals surface area contributed by atoms with Crippen LogP contribution >= 0.6 is 0 Å². The Bertz CT molecular complexity index is 644. The normalized spacial score (nSPS) is 22.2. The van der Waals surface area contributed by atoms with Crippen LogP contribution in [-0.4, -0.2) is 34.1 Å². The summed E-state index contributed by atoms with van der Waals surface area (Å²) in [7, 11) is -3.85. The first-order valence-electron chi connectivity index (χ1n) is 12.4. The van der Waals surface area contributed by atoms with E-state index in [9.17, 15) is 4.79 Å². The van der Waals surface area contributed by atoms with Gasteiger partial charge >= 0.3 is 0 Å². The van der Waals surface area contributed by atoms with Crippen LogP contribution in [0, 0.1) is 5.92 Å². The van der Waals surface area contributed by atoms with Crippen LogP contribution in [0.4, 0.5) is 0 Å². The summed E-state index contributed by atoms with van der Waals surface area (Å²) in [5.41, 5.74) is -0.0192. The second kappa shape index (κ2) is 11.1. The fourth-order valence-electron chi connectivity index (χ4n) is 4.29. The molecule has 0 bridgehead atoms. The van der Waals surface area contributed by atoms with Crippen molar-refractivity contribution in [2.75, 3.05) is 0 Å². The number of carbonyl (C=O) groups is 1. The third-order valence-electron chi connectivity index (χ3n) is 6.85. The van der Waals surface area contributed by atoms with Gasteiger partial charge in [-0.1, -0.05) is 79.5 Å². The molecule has 3 nitrogen and oxygen atoms in total. The van der Waals surface area contributed by atoms with E-state index >= 15 is 0 Å². The first-order chi connectivity index (χ1) is 14.1. The van der Waals surface area contributed by atoms with Crippen LogP contribution in [0.25, 0.3) is 0 Å². The first-order valence-corrected chi connectivity index (χ1v) is 18.4. The standard InChI is InChI=1S/C26H50O3Si2/c1-12-13-14-15-23(28-31(10,11)25(5,6)7)16-18-26(19-17-24(27)22(26)4)29-30(8,9)20-21(2)3/h16,18,21,23H,4,12-15,17,19-20H2,1-3,5-11H3/b18-16+/t23-,26-/m0/s1. The van der Waals surface area contributed by atoms with E-state index in [1.165, 1.54) is 12.8 Å². The van der Waals surface area contributed by atoms with E-state index in [1.807, 2.05) is 0 Å². The topological polar surface area (TPSA) is 35.5 Å². The molecule has 31 heavy (non-hydrogen) atoms. The lowest BCUT2D eigenvalue weighted by molar-refractivity contribution is -0.114. The van der Waals surface area contributed by atoms with Gasteiger partial charge in [-0.05, 0) is 56.0 Å². The number of rotatable bonds is 12. The van der Waals surface area contributed by atoms with Gasteiger partial charge in [-0.25, -0.2) is 0 Å². The lowest BCUT2D eigenvalue weighted by atomic mass is 9.96. The van der Waals surface area contributed by atoms with Crippen molar-refractivity contribution in [2.45, 2.75) is 129 Å². The molecule has 0 aromatic carbocycles. The Balaban J connectivity index is 3.20. The predicted molar refractivity (Wildman–Crippen MR) is 140 cm³/mol. The van der Waals surface area contributed by atoms with Gasteiger partial charge in [-0.2, -0.15) is 0 Å². The number of hydrogen-bond donors (Lipinski definition) is 0. The highest BCUT2D eigenvalue weighted by Gasteiger charge is 2.46. The minimum atomic E-state index is -1.95. The van der Waals surface area contributed by atoms with Crippen LogP contribution in [-0.2, 0) is 13.6 Å². The number of hydrogen-bond acceptors (Lipinski definition) is 3. The highest BCUT2D eigenvalue weighted by Crippen LogP contribution is 2.41. The molecule has 0 heterocycles. The second-order valence-electron chi connectivity index (χ2n) is 12.0. The summed E-state index contributed by atoms with van der Waals surface area (Å²) in [4.78, 5) is 12.5. The predicted octanol–water partition coefficient (Wildman–Crippen LogP) is 8.05. The van der Waals surface area contributed by atoms with E-state index in [2.05, 4.69) is 86.5 Å². The lowest BCUT2D eigenvalue weighted by Gasteiger charge is -2.40. The van der Waals surface area contributed by atoms with Gasteiger partial charge < -0.3 is 8.85 Å². The lowest BCUT2D eigenvalue weighted by Crippen LogP contribution is -2.45. The van der Waals surface area contributed by atoms with E-state index in [0.717, 1.165) is 18.9 Å². The largest absolute Gasteiger partial charge is 0.411 e. The third-order valence-corrected chi connectivity index (χ3v) is 14.1. The summed E-state index contributed by atoms with van der Waals surface area (Å²) in [6, 6.07) is 1.07. The minimum absolute atomic E-state index is 0.0614. The Morgan fingerprint density at radius 1 is 1.16 bits per heavy atom. The summed E-state index contributed by atoms with van der Waals surface area (Å²) >= 11 is 0. The Morgan fingerprint density at radius 3 is 2.23 bits per heavy atom. The highest BCUT2D eigenvalue weighted by molar-refractivity contribution is 6.74.